The maximum atomic E-state index is 12.9. The molecule has 0 saturated heterocycles. The maximum Gasteiger partial charge on any atom is 0.291 e. The molecule has 3 aromatic rings. The van der Waals surface area contributed by atoms with Crippen LogP contribution in [-0.2, 0) is 14.9 Å². The minimum absolute atomic E-state index is 0.00700. The summed E-state index contributed by atoms with van der Waals surface area (Å²) in [5.41, 5.74) is 15.2. The number of hydrogen-bond acceptors (Lipinski definition) is 8. The van der Waals surface area contributed by atoms with Gasteiger partial charge in [-0.05, 0) is 18.9 Å². The molecule has 2 aromatic carbocycles. The van der Waals surface area contributed by atoms with E-state index in [4.69, 9.17) is 21.6 Å². The van der Waals surface area contributed by atoms with Gasteiger partial charge in [0.25, 0.3) is 11.9 Å². The first-order valence-corrected chi connectivity index (χ1v) is 12.1. The summed E-state index contributed by atoms with van der Waals surface area (Å²) < 4.78 is 5.43. The standard InChI is InChI=1S/C25H25N7O2S/c1-25(12-7-13-25)23-31-18(20(27)35-23)19(26)34-24(28)32-21-22(33)29-16-11-6-5-10-15(16)17(30-21)14-8-3-2-4-9-14/h2-6,8-11,21,26H,7,12-13,27H2,1H3,(H2,28,32)(H,29,33). The first kappa shape index (κ1) is 22.7. The van der Waals surface area contributed by atoms with Gasteiger partial charge in [-0.3, -0.25) is 10.2 Å². The number of rotatable bonds is 4. The van der Waals surface area contributed by atoms with Crippen LogP contribution < -0.4 is 16.8 Å². The Morgan fingerprint density at radius 1 is 1.20 bits per heavy atom. The molecule has 1 saturated carbocycles. The molecule has 1 fully saturated rings. The highest BCUT2D eigenvalue weighted by Gasteiger charge is 2.37. The van der Waals surface area contributed by atoms with E-state index in [1.165, 1.54) is 11.3 Å². The zero-order valence-corrected chi connectivity index (χ0v) is 19.9. The predicted octanol–water partition coefficient (Wildman–Crippen LogP) is 3.64. The number of nitrogens with two attached hydrogens (primary N) is 2. The lowest BCUT2D eigenvalue weighted by atomic mass is 9.71. The molecule has 2 aliphatic rings. The Balaban J connectivity index is 1.42. The summed E-state index contributed by atoms with van der Waals surface area (Å²) in [6, 6.07) is 16.5. The first-order valence-electron chi connectivity index (χ1n) is 11.2. The van der Waals surface area contributed by atoms with E-state index < -0.39 is 12.1 Å². The van der Waals surface area contributed by atoms with Crippen LogP contribution in [0.25, 0.3) is 0 Å². The fourth-order valence-electron chi connectivity index (χ4n) is 4.13. The number of thiazole rings is 1. The highest BCUT2D eigenvalue weighted by atomic mass is 32.1. The molecule has 1 aromatic heterocycles. The van der Waals surface area contributed by atoms with Crippen molar-refractivity contribution in [2.24, 2.45) is 15.7 Å². The number of hydrogen-bond donors (Lipinski definition) is 4. The van der Waals surface area contributed by atoms with E-state index in [0.717, 1.165) is 35.4 Å². The van der Waals surface area contributed by atoms with Crippen molar-refractivity contribution in [2.75, 3.05) is 11.1 Å². The molecule has 1 aliphatic carbocycles. The second-order valence-corrected chi connectivity index (χ2v) is 9.83. The van der Waals surface area contributed by atoms with Crippen molar-refractivity contribution in [3.8, 4) is 0 Å². The number of nitrogen functional groups attached to an aromatic ring is 1. The number of amides is 1. The Labute approximate surface area is 206 Å². The maximum absolute atomic E-state index is 12.9. The van der Waals surface area contributed by atoms with E-state index in [9.17, 15) is 4.79 Å². The normalized spacial score (nSPS) is 19.0. The lowest BCUT2D eigenvalue weighted by Crippen LogP contribution is -2.31. The van der Waals surface area contributed by atoms with Crippen LogP contribution in [0.1, 0.15) is 48.0 Å². The molecule has 10 heteroatoms. The number of nitrogens with one attached hydrogen (secondary N) is 2. The lowest BCUT2D eigenvalue weighted by Gasteiger charge is -2.36. The third-order valence-electron chi connectivity index (χ3n) is 6.27. The van der Waals surface area contributed by atoms with Crippen LogP contribution in [0, 0.1) is 5.41 Å². The van der Waals surface area contributed by atoms with Crippen LogP contribution in [-0.4, -0.2) is 34.7 Å². The van der Waals surface area contributed by atoms with E-state index in [1.54, 1.807) is 6.07 Å². The van der Waals surface area contributed by atoms with Gasteiger partial charge in [0.2, 0.25) is 12.1 Å². The van der Waals surface area contributed by atoms with Gasteiger partial charge in [0.1, 0.15) is 10.0 Å². The van der Waals surface area contributed by atoms with Crippen LogP contribution in [0.4, 0.5) is 10.7 Å². The zero-order chi connectivity index (χ0) is 24.6. The van der Waals surface area contributed by atoms with Gasteiger partial charge >= 0.3 is 0 Å². The number of fused-ring (bicyclic) bond motifs is 1. The monoisotopic (exact) mass is 487 g/mol. The molecule has 35 heavy (non-hydrogen) atoms. The summed E-state index contributed by atoms with van der Waals surface area (Å²) in [7, 11) is 0. The number of aliphatic imine (C=N–C) groups is 2. The SMILES string of the molecule is CC1(c2nc(C(=N)OC(N)=NC3N=C(c4ccccc4)c4ccccc4NC3=O)c(N)s2)CCC1. The molecule has 1 atom stereocenters. The van der Waals surface area contributed by atoms with Crippen LogP contribution in [0.3, 0.4) is 0 Å². The second kappa shape index (κ2) is 8.95. The smallest absolute Gasteiger partial charge is 0.291 e. The van der Waals surface area contributed by atoms with Crippen LogP contribution in [0.5, 0.6) is 0 Å². The highest BCUT2D eigenvalue weighted by molar-refractivity contribution is 7.16. The van der Waals surface area contributed by atoms with Crippen molar-refractivity contribution in [1.29, 1.82) is 5.41 Å². The Morgan fingerprint density at radius 3 is 2.63 bits per heavy atom. The van der Waals surface area contributed by atoms with E-state index >= 15 is 0 Å². The number of carbonyl (C=O) groups excluding carboxylic acids is 1. The number of carbonyl (C=O) groups is 1. The topological polar surface area (TPSA) is 152 Å². The van der Waals surface area contributed by atoms with Gasteiger partial charge < -0.3 is 21.5 Å². The third-order valence-corrected chi connectivity index (χ3v) is 7.46. The molecular formula is C25H25N7O2S. The van der Waals surface area contributed by atoms with Gasteiger partial charge in [0.15, 0.2) is 5.69 Å². The number of aromatic nitrogens is 1. The number of ether oxygens (including phenoxy) is 1. The Kier molecular flexibility index (Phi) is 5.81. The minimum Gasteiger partial charge on any atom is -0.405 e. The summed E-state index contributed by atoms with van der Waals surface area (Å²) in [6.45, 7) is 2.14. The number of anilines is 2. The average molecular weight is 488 g/mol. The third kappa shape index (κ3) is 4.40. The summed E-state index contributed by atoms with van der Waals surface area (Å²) in [4.78, 5) is 26.3. The molecule has 1 unspecified atom stereocenters. The van der Waals surface area contributed by atoms with Crippen molar-refractivity contribution in [2.45, 2.75) is 37.8 Å². The summed E-state index contributed by atoms with van der Waals surface area (Å²) in [6.07, 6.45) is 2.02. The molecule has 5 rings (SSSR count). The van der Waals surface area contributed by atoms with Gasteiger partial charge in [-0.15, -0.1) is 11.3 Å². The summed E-state index contributed by atoms with van der Waals surface area (Å²) in [5, 5.41) is 12.5. The molecule has 0 radical (unpaired) electrons. The number of nitrogens with zero attached hydrogens (tertiary/aromatic N) is 3. The van der Waals surface area contributed by atoms with E-state index in [0.29, 0.717) is 16.4 Å². The second-order valence-electron chi connectivity index (χ2n) is 8.80. The van der Waals surface area contributed by atoms with Crippen LogP contribution in [0.2, 0.25) is 0 Å². The number of benzodiazepines with no additional fused rings is 1. The van der Waals surface area contributed by atoms with Crippen molar-refractivity contribution in [3.63, 3.8) is 0 Å². The molecule has 0 spiro atoms. The van der Waals surface area contributed by atoms with Crippen molar-refractivity contribution >= 4 is 45.6 Å². The minimum atomic E-state index is -1.21. The fourth-order valence-corrected chi connectivity index (χ4v) is 5.16. The van der Waals surface area contributed by atoms with Gasteiger partial charge in [-0.1, -0.05) is 61.9 Å². The lowest BCUT2D eigenvalue weighted by molar-refractivity contribution is -0.117. The molecule has 9 nitrogen and oxygen atoms in total. The van der Waals surface area contributed by atoms with E-state index in [2.05, 4.69) is 27.2 Å². The fraction of sp³-hybridized carbons (Fsp3) is 0.240. The van der Waals surface area contributed by atoms with Crippen LogP contribution >= 0.6 is 11.3 Å². The van der Waals surface area contributed by atoms with Crippen molar-refractivity contribution in [3.05, 3.63) is 76.4 Å². The first-order chi connectivity index (χ1) is 16.8. The molecule has 1 aliphatic heterocycles. The molecule has 2 heterocycles. The number of para-hydroxylation sites is 1. The van der Waals surface area contributed by atoms with E-state index in [1.807, 2.05) is 48.5 Å². The van der Waals surface area contributed by atoms with Crippen LogP contribution in [0.15, 0.2) is 64.6 Å². The quantitative estimate of drug-likeness (QED) is 0.327. The van der Waals surface area contributed by atoms with Gasteiger partial charge in [-0.2, -0.15) is 4.99 Å². The number of benzene rings is 2. The number of amidine groups is 1. The Bertz CT molecular complexity index is 1360. The molecule has 1 amide bonds. The summed E-state index contributed by atoms with van der Waals surface area (Å²) in [5.74, 6) is -0.784. The van der Waals surface area contributed by atoms with Crippen molar-refractivity contribution in [1.82, 2.24) is 4.98 Å². The van der Waals surface area contributed by atoms with Crippen molar-refractivity contribution < 1.29 is 9.53 Å². The molecule has 0 bridgehead atoms. The van der Waals surface area contributed by atoms with Gasteiger partial charge in [-0.25, -0.2) is 9.98 Å². The molecule has 6 N–H and O–H groups in total. The molecular weight excluding hydrogens is 462 g/mol. The predicted molar refractivity (Wildman–Crippen MR) is 138 cm³/mol. The largest absolute Gasteiger partial charge is 0.405 e. The summed E-state index contributed by atoms with van der Waals surface area (Å²) >= 11 is 1.36. The zero-order valence-electron chi connectivity index (χ0n) is 19.1. The van der Waals surface area contributed by atoms with Gasteiger partial charge in [0.05, 0.1) is 11.4 Å². The Hall–Kier alpha value is -4.05. The van der Waals surface area contributed by atoms with Gasteiger partial charge in [0, 0.05) is 16.5 Å². The highest BCUT2D eigenvalue weighted by Crippen LogP contribution is 2.45. The molecule has 178 valence electrons. The average Bonchev–Trinajstić information content (AvgIpc) is 3.16. The van der Waals surface area contributed by atoms with E-state index in [-0.39, 0.29) is 23.0 Å². The Morgan fingerprint density at radius 2 is 1.91 bits per heavy atom.